The third-order valence-corrected chi connectivity index (χ3v) is 5.99. The molecule has 9 nitrogen and oxygen atoms in total. The molecule has 0 radical (unpaired) electrons. The van der Waals surface area contributed by atoms with Crippen LogP contribution in [0, 0.1) is 0 Å². The van der Waals surface area contributed by atoms with E-state index in [2.05, 4.69) is 4.99 Å². The Labute approximate surface area is 192 Å². The van der Waals surface area contributed by atoms with Gasteiger partial charge in [0.1, 0.15) is 6.54 Å². The van der Waals surface area contributed by atoms with Crippen LogP contribution in [0.4, 0.5) is 0 Å². The van der Waals surface area contributed by atoms with Crippen molar-refractivity contribution in [2.45, 2.75) is 26.9 Å². The van der Waals surface area contributed by atoms with Crippen molar-refractivity contribution in [2.24, 2.45) is 4.99 Å². The van der Waals surface area contributed by atoms with E-state index in [1.54, 1.807) is 43.3 Å². The maximum absolute atomic E-state index is 12.8. The van der Waals surface area contributed by atoms with Gasteiger partial charge >= 0.3 is 11.7 Å². The summed E-state index contributed by atoms with van der Waals surface area (Å²) < 4.78 is 19.7. The largest absolute Gasteiger partial charge is 0.462 e. The number of fused-ring (bicyclic) bond motifs is 2. The highest BCUT2D eigenvalue weighted by molar-refractivity contribution is 7.16. The van der Waals surface area contributed by atoms with Gasteiger partial charge in [-0.15, -0.1) is 0 Å². The molecule has 4 aromatic rings. The molecule has 0 aliphatic rings. The third kappa shape index (κ3) is 4.81. The first-order valence-corrected chi connectivity index (χ1v) is 11.4. The van der Waals surface area contributed by atoms with Gasteiger partial charge in [0, 0.05) is 13.2 Å². The second-order valence-corrected chi connectivity index (χ2v) is 8.07. The Morgan fingerprint density at radius 2 is 1.88 bits per heavy atom. The van der Waals surface area contributed by atoms with Crippen molar-refractivity contribution in [3.8, 4) is 0 Å². The van der Waals surface area contributed by atoms with Crippen LogP contribution in [0.1, 0.15) is 24.2 Å². The zero-order valence-corrected chi connectivity index (χ0v) is 19.1. The molecular formula is C23H23N3O6S. The lowest BCUT2D eigenvalue weighted by Crippen LogP contribution is -2.23. The van der Waals surface area contributed by atoms with Crippen LogP contribution >= 0.6 is 11.3 Å². The van der Waals surface area contributed by atoms with Gasteiger partial charge in [-0.2, -0.15) is 4.99 Å². The number of oxazole rings is 1. The molecule has 1 amide bonds. The molecule has 0 bridgehead atoms. The van der Waals surface area contributed by atoms with Gasteiger partial charge in [0.2, 0.25) is 0 Å². The van der Waals surface area contributed by atoms with Crippen LogP contribution < -0.4 is 10.6 Å². The molecule has 0 fully saturated rings. The second-order valence-electron chi connectivity index (χ2n) is 7.06. The molecule has 2 heterocycles. The van der Waals surface area contributed by atoms with Crippen molar-refractivity contribution in [2.75, 3.05) is 19.8 Å². The molecule has 2 aromatic heterocycles. The van der Waals surface area contributed by atoms with E-state index in [0.29, 0.717) is 41.2 Å². The number of hydrogen-bond donors (Lipinski definition) is 0. The van der Waals surface area contributed by atoms with Gasteiger partial charge in [-0.25, -0.2) is 9.59 Å². The highest BCUT2D eigenvalue weighted by atomic mass is 32.1. The SMILES string of the molecule is CCOCCn1c(=NC(=O)Cn2c(=O)oc3ccccc32)sc2cc(C(=O)OCC)ccc21. The van der Waals surface area contributed by atoms with Crippen LogP contribution in [-0.2, 0) is 27.4 Å². The fourth-order valence-corrected chi connectivity index (χ4v) is 4.57. The van der Waals surface area contributed by atoms with E-state index in [1.807, 2.05) is 17.6 Å². The van der Waals surface area contributed by atoms with Crippen molar-refractivity contribution in [3.63, 3.8) is 0 Å². The van der Waals surface area contributed by atoms with Crippen molar-refractivity contribution in [3.05, 3.63) is 63.4 Å². The Hall–Kier alpha value is -3.50. The molecule has 0 aliphatic heterocycles. The summed E-state index contributed by atoms with van der Waals surface area (Å²) in [7, 11) is 0. The average molecular weight is 470 g/mol. The smallest absolute Gasteiger partial charge is 0.420 e. The van der Waals surface area contributed by atoms with Gasteiger partial charge in [0.05, 0.1) is 34.5 Å². The quantitative estimate of drug-likeness (QED) is 0.290. The maximum atomic E-state index is 12.8. The molecule has 0 spiro atoms. The molecule has 0 saturated carbocycles. The Morgan fingerprint density at radius 3 is 2.67 bits per heavy atom. The second kappa shape index (κ2) is 9.97. The minimum absolute atomic E-state index is 0.246. The number of carbonyl (C=O) groups is 2. The number of rotatable bonds is 8. The van der Waals surface area contributed by atoms with Crippen LogP contribution in [0.3, 0.4) is 0 Å². The van der Waals surface area contributed by atoms with Gasteiger partial charge < -0.3 is 18.5 Å². The number of aromatic nitrogens is 2. The predicted molar refractivity (Wildman–Crippen MR) is 123 cm³/mol. The first-order valence-electron chi connectivity index (χ1n) is 10.6. The molecule has 0 atom stereocenters. The summed E-state index contributed by atoms with van der Waals surface area (Å²) in [6, 6.07) is 12.1. The Bertz CT molecular complexity index is 1440. The number of nitrogens with zero attached hydrogens (tertiary/aromatic N) is 3. The summed E-state index contributed by atoms with van der Waals surface area (Å²) in [5.41, 5.74) is 2.20. The Balaban J connectivity index is 1.72. The Morgan fingerprint density at radius 1 is 1.06 bits per heavy atom. The number of benzene rings is 2. The highest BCUT2D eigenvalue weighted by Crippen LogP contribution is 2.20. The van der Waals surface area contributed by atoms with Gasteiger partial charge in [0.25, 0.3) is 5.91 Å². The monoisotopic (exact) mass is 469 g/mol. The number of thiazole rings is 1. The zero-order chi connectivity index (χ0) is 23.4. The summed E-state index contributed by atoms with van der Waals surface area (Å²) in [5, 5.41) is 0. The van der Waals surface area contributed by atoms with Crippen molar-refractivity contribution in [1.29, 1.82) is 0 Å². The molecule has 4 rings (SSSR count). The van der Waals surface area contributed by atoms with Crippen LogP contribution in [-0.4, -0.2) is 40.8 Å². The average Bonchev–Trinajstić information content (AvgIpc) is 3.30. The third-order valence-electron chi connectivity index (χ3n) is 4.94. The standard InChI is InChI=1S/C23H23N3O6S/c1-3-30-12-11-25-17-10-9-15(21(28)31-4-2)13-19(17)33-22(25)24-20(27)14-26-16-7-5-6-8-18(16)32-23(26)29/h5-10,13H,3-4,11-12,14H2,1-2H3. The lowest BCUT2D eigenvalue weighted by atomic mass is 10.2. The molecule has 10 heteroatoms. The molecule has 2 aromatic carbocycles. The zero-order valence-electron chi connectivity index (χ0n) is 18.3. The van der Waals surface area contributed by atoms with E-state index in [1.165, 1.54) is 15.9 Å². The highest BCUT2D eigenvalue weighted by Gasteiger charge is 2.15. The minimum atomic E-state index is -0.612. The molecule has 0 saturated heterocycles. The lowest BCUT2D eigenvalue weighted by Gasteiger charge is -2.06. The number of esters is 1. The van der Waals surface area contributed by atoms with Crippen LogP contribution in [0.25, 0.3) is 21.3 Å². The number of carbonyl (C=O) groups excluding carboxylic acids is 2. The van der Waals surface area contributed by atoms with E-state index >= 15 is 0 Å². The normalized spacial score (nSPS) is 12.0. The van der Waals surface area contributed by atoms with E-state index in [4.69, 9.17) is 13.9 Å². The molecule has 33 heavy (non-hydrogen) atoms. The first kappa shape index (κ1) is 22.7. The fraction of sp³-hybridized carbons (Fsp3) is 0.304. The first-order chi connectivity index (χ1) is 16.0. The topological polar surface area (TPSA) is 105 Å². The summed E-state index contributed by atoms with van der Waals surface area (Å²) in [6.45, 7) is 5.18. The molecule has 0 aliphatic carbocycles. The van der Waals surface area contributed by atoms with Gasteiger partial charge in [0.15, 0.2) is 10.4 Å². The summed E-state index contributed by atoms with van der Waals surface area (Å²) in [4.78, 5) is 41.9. The molecule has 0 unspecified atom stereocenters. The fourth-order valence-electron chi connectivity index (χ4n) is 3.46. The van der Waals surface area contributed by atoms with Gasteiger partial charge in [-0.05, 0) is 44.2 Å². The molecule has 0 N–H and O–H groups in total. The van der Waals surface area contributed by atoms with Crippen LogP contribution in [0.15, 0.2) is 56.7 Å². The predicted octanol–water partition coefficient (Wildman–Crippen LogP) is 2.95. The van der Waals surface area contributed by atoms with E-state index < -0.39 is 17.6 Å². The van der Waals surface area contributed by atoms with Crippen molar-refractivity contribution in [1.82, 2.24) is 9.13 Å². The van der Waals surface area contributed by atoms with Gasteiger partial charge in [-0.3, -0.25) is 9.36 Å². The van der Waals surface area contributed by atoms with Crippen molar-refractivity contribution < 1.29 is 23.5 Å². The van der Waals surface area contributed by atoms with Crippen LogP contribution in [0.2, 0.25) is 0 Å². The summed E-state index contributed by atoms with van der Waals surface area (Å²) in [6.07, 6.45) is 0. The summed E-state index contributed by atoms with van der Waals surface area (Å²) >= 11 is 1.28. The van der Waals surface area contributed by atoms with E-state index in [-0.39, 0.29) is 13.2 Å². The maximum Gasteiger partial charge on any atom is 0.420 e. The van der Waals surface area contributed by atoms with Crippen molar-refractivity contribution >= 4 is 44.5 Å². The number of amides is 1. The van der Waals surface area contributed by atoms with E-state index in [9.17, 15) is 14.4 Å². The minimum Gasteiger partial charge on any atom is -0.462 e. The molecular weight excluding hydrogens is 446 g/mol. The molecule has 172 valence electrons. The number of hydrogen-bond acceptors (Lipinski definition) is 7. The Kier molecular flexibility index (Phi) is 6.85. The van der Waals surface area contributed by atoms with Crippen LogP contribution in [0.5, 0.6) is 0 Å². The lowest BCUT2D eigenvalue weighted by molar-refractivity contribution is -0.118. The summed E-state index contributed by atoms with van der Waals surface area (Å²) in [5.74, 6) is -1.51. The van der Waals surface area contributed by atoms with Gasteiger partial charge in [-0.1, -0.05) is 23.5 Å². The number of para-hydroxylation sites is 2. The number of ether oxygens (including phenoxy) is 2. The van der Waals surface area contributed by atoms with E-state index in [0.717, 1.165) is 10.2 Å².